The minimum Gasteiger partial charge on any atom is -0.398 e. The van der Waals surface area contributed by atoms with E-state index in [9.17, 15) is 0 Å². The minimum absolute atomic E-state index is 0.522. The lowest BCUT2D eigenvalue weighted by Crippen LogP contribution is -2.35. The van der Waals surface area contributed by atoms with Gasteiger partial charge in [-0.2, -0.15) is 0 Å². The zero-order valence-corrected chi connectivity index (χ0v) is 21.4. The number of likely N-dealkylation sites (tertiary alicyclic amines) is 1. The van der Waals surface area contributed by atoms with E-state index in [0.717, 1.165) is 50.5 Å². The Labute approximate surface area is 214 Å². The van der Waals surface area contributed by atoms with Crippen LogP contribution in [0.25, 0.3) is 0 Å². The van der Waals surface area contributed by atoms with E-state index in [4.69, 9.17) is 16.5 Å². The lowest BCUT2D eigenvalue weighted by molar-refractivity contribution is 0.162. The van der Waals surface area contributed by atoms with Crippen molar-refractivity contribution in [2.24, 2.45) is 16.6 Å². The van der Waals surface area contributed by atoms with Crippen LogP contribution in [0.15, 0.2) is 65.8 Å². The molecule has 2 aromatic carbocycles. The number of pyridine rings is 1. The topological polar surface area (TPSA) is 87.0 Å². The van der Waals surface area contributed by atoms with Crippen molar-refractivity contribution in [1.29, 1.82) is 0 Å². The molecule has 0 radical (unpaired) electrons. The van der Waals surface area contributed by atoms with Gasteiger partial charge < -0.3 is 21.3 Å². The first kappa shape index (κ1) is 24.1. The van der Waals surface area contributed by atoms with Crippen molar-refractivity contribution in [2.75, 3.05) is 49.4 Å². The predicted octanol–water partition coefficient (Wildman–Crippen LogP) is 4.39. The molecule has 36 heavy (non-hydrogen) atoms. The molecule has 1 saturated heterocycles. The SMILES string of the molecule is C/N=C(/N)c1c(N)cccc1CCC1CCCN(Cc2ccnc(N3CN(C)c4ccccc43)c2)C1. The number of aromatic nitrogens is 1. The fraction of sp³-hybridized carbons (Fsp3) is 0.379. The zero-order chi connectivity index (χ0) is 25.1. The van der Waals surface area contributed by atoms with Crippen LogP contribution in [0.2, 0.25) is 0 Å². The molecule has 0 amide bonds. The zero-order valence-electron chi connectivity index (χ0n) is 21.4. The number of piperidine rings is 1. The Morgan fingerprint density at radius 2 is 1.94 bits per heavy atom. The van der Waals surface area contributed by atoms with Gasteiger partial charge in [-0.1, -0.05) is 24.3 Å². The van der Waals surface area contributed by atoms with Crippen LogP contribution in [0.1, 0.15) is 36.0 Å². The fourth-order valence-corrected chi connectivity index (χ4v) is 5.68. The number of aliphatic imine (C=N–C) groups is 1. The quantitative estimate of drug-likeness (QED) is 0.294. The minimum atomic E-state index is 0.522. The highest BCUT2D eigenvalue weighted by molar-refractivity contribution is 6.03. The standard InChI is InChI=1S/C29H37N7/c1-32-29(31)28-23(8-5-9-24(28)30)13-12-21-7-6-16-35(18-21)19-22-14-15-33-27(17-22)36-20-34(2)25-10-3-4-11-26(25)36/h3-5,8-11,14-15,17,21H,6-7,12-13,16,18-20,30H2,1-2H3,(H2,31,32). The maximum atomic E-state index is 6.23. The second kappa shape index (κ2) is 10.6. The van der Waals surface area contributed by atoms with Gasteiger partial charge in [0.2, 0.25) is 0 Å². The molecule has 0 bridgehead atoms. The highest BCUT2D eigenvalue weighted by atomic mass is 15.4. The predicted molar refractivity (Wildman–Crippen MR) is 150 cm³/mol. The van der Waals surface area contributed by atoms with E-state index in [1.807, 2.05) is 18.3 Å². The average molecular weight is 484 g/mol. The number of para-hydroxylation sites is 2. The van der Waals surface area contributed by atoms with Crippen molar-refractivity contribution in [2.45, 2.75) is 32.2 Å². The van der Waals surface area contributed by atoms with Gasteiger partial charge in [-0.25, -0.2) is 4.98 Å². The maximum absolute atomic E-state index is 6.23. The molecule has 2 aliphatic heterocycles. The summed E-state index contributed by atoms with van der Waals surface area (Å²) in [6, 6.07) is 19.0. The van der Waals surface area contributed by atoms with Gasteiger partial charge in [0, 0.05) is 44.6 Å². The van der Waals surface area contributed by atoms with Crippen molar-refractivity contribution in [3.05, 3.63) is 77.5 Å². The van der Waals surface area contributed by atoms with E-state index < -0.39 is 0 Å². The number of benzene rings is 2. The third-order valence-electron chi connectivity index (χ3n) is 7.54. The molecule has 1 aromatic heterocycles. The van der Waals surface area contributed by atoms with E-state index in [0.29, 0.717) is 17.4 Å². The number of nitrogens with two attached hydrogens (primary N) is 2. The van der Waals surface area contributed by atoms with E-state index in [-0.39, 0.29) is 0 Å². The molecule has 5 rings (SSSR count). The number of hydrogen-bond donors (Lipinski definition) is 2. The van der Waals surface area contributed by atoms with Gasteiger partial charge in [0.05, 0.1) is 18.0 Å². The number of aryl methyl sites for hydroxylation is 1. The molecule has 1 atom stereocenters. The van der Waals surface area contributed by atoms with Crippen LogP contribution in [-0.2, 0) is 13.0 Å². The third kappa shape index (κ3) is 5.02. The second-order valence-corrected chi connectivity index (χ2v) is 10.1. The van der Waals surface area contributed by atoms with Crippen molar-refractivity contribution < 1.29 is 0 Å². The molecular weight excluding hydrogens is 446 g/mol. The van der Waals surface area contributed by atoms with Crippen LogP contribution in [0.3, 0.4) is 0 Å². The molecule has 0 spiro atoms. The highest BCUT2D eigenvalue weighted by Crippen LogP contribution is 2.38. The monoisotopic (exact) mass is 483 g/mol. The maximum Gasteiger partial charge on any atom is 0.134 e. The molecule has 7 heteroatoms. The molecule has 0 aliphatic carbocycles. The molecule has 1 unspecified atom stereocenters. The summed E-state index contributed by atoms with van der Waals surface area (Å²) in [4.78, 5) is 16.1. The fourth-order valence-electron chi connectivity index (χ4n) is 5.68. The second-order valence-electron chi connectivity index (χ2n) is 10.1. The van der Waals surface area contributed by atoms with Crippen molar-refractivity contribution in [1.82, 2.24) is 9.88 Å². The summed E-state index contributed by atoms with van der Waals surface area (Å²) in [5, 5.41) is 0. The molecule has 3 heterocycles. The third-order valence-corrected chi connectivity index (χ3v) is 7.54. The Balaban J connectivity index is 1.23. The van der Waals surface area contributed by atoms with E-state index in [1.54, 1.807) is 7.05 Å². The van der Waals surface area contributed by atoms with Crippen molar-refractivity contribution in [3.8, 4) is 0 Å². The first-order valence-electron chi connectivity index (χ1n) is 12.9. The van der Waals surface area contributed by atoms with Crippen LogP contribution in [0.4, 0.5) is 22.9 Å². The van der Waals surface area contributed by atoms with Gasteiger partial charge in [-0.15, -0.1) is 0 Å². The van der Waals surface area contributed by atoms with Gasteiger partial charge in [0.1, 0.15) is 11.7 Å². The van der Waals surface area contributed by atoms with E-state index in [2.05, 4.69) is 69.2 Å². The molecular formula is C29H37N7. The smallest absolute Gasteiger partial charge is 0.134 e. The number of fused-ring (bicyclic) bond motifs is 1. The van der Waals surface area contributed by atoms with Crippen LogP contribution >= 0.6 is 0 Å². The first-order chi connectivity index (χ1) is 17.5. The Hall–Kier alpha value is -3.58. The van der Waals surface area contributed by atoms with E-state index in [1.165, 1.54) is 35.3 Å². The number of amidine groups is 1. The lowest BCUT2D eigenvalue weighted by Gasteiger charge is -2.33. The summed E-state index contributed by atoms with van der Waals surface area (Å²) in [6.07, 6.45) is 6.55. The number of nitrogen functional groups attached to an aromatic ring is 1. The Morgan fingerprint density at radius 3 is 2.78 bits per heavy atom. The number of rotatable bonds is 7. The van der Waals surface area contributed by atoms with Gasteiger partial charge in [-0.05, 0) is 79.6 Å². The molecule has 7 nitrogen and oxygen atoms in total. The van der Waals surface area contributed by atoms with Gasteiger partial charge in [-0.3, -0.25) is 9.89 Å². The summed E-state index contributed by atoms with van der Waals surface area (Å²) >= 11 is 0. The van der Waals surface area contributed by atoms with Gasteiger partial charge in [0.25, 0.3) is 0 Å². The molecule has 4 N–H and O–H groups in total. The van der Waals surface area contributed by atoms with Gasteiger partial charge >= 0.3 is 0 Å². The molecule has 0 saturated carbocycles. The van der Waals surface area contributed by atoms with Crippen LogP contribution in [-0.4, -0.2) is 49.6 Å². The molecule has 1 fully saturated rings. The number of anilines is 4. The highest BCUT2D eigenvalue weighted by Gasteiger charge is 2.25. The molecule has 188 valence electrons. The number of nitrogens with zero attached hydrogens (tertiary/aromatic N) is 5. The largest absolute Gasteiger partial charge is 0.398 e. The summed E-state index contributed by atoms with van der Waals surface area (Å²) in [5.41, 5.74) is 19.0. The summed E-state index contributed by atoms with van der Waals surface area (Å²) in [6.45, 7) is 4.03. The van der Waals surface area contributed by atoms with Crippen LogP contribution < -0.4 is 21.3 Å². The molecule has 2 aliphatic rings. The Morgan fingerprint density at radius 1 is 1.11 bits per heavy atom. The first-order valence-corrected chi connectivity index (χ1v) is 12.9. The summed E-state index contributed by atoms with van der Waals surface area (Å²) < 4.78 is 0. The Kier molecular flexibility index (Phi) is 7.09. The normalized spacial score (nSPS) is 18.5. The van der Waals surface area contributed by atoms with Gasteiger partial charge in [0.15, 0.2) is 0 Å². The average Bonchev–Trinajstić information content (AvgIpc) is 3.24. The molecule has 3 aromatic rings. The lowest BCUT2D eigenvalue weighted by atomic mass is 9.90. The van der Waals surface area contributed by atoms with Crippen LogP contribution in [0, 0.1) is 5.92 Å². The summed E-state index contributed by atoms with van der Waals surface area (Å²) in [5.74, 6) is 2.20. The van der Waals surface area contributed by atoms with Crippen molar-refractivity contribution in [3.63, 3.8) is 0 Å². The summed E-state index contributed by atoms with van der Waals surface area (Å²) in [7, 11) is 3.85. The van der Waals surface area contributed by atoms with E-state index >= 15 is 0 Å². The van der Waals surface area contributed by atoms with Crippen molar-refractivity contribution >= 4 is 28.7 Å². The van der Waals surface area contributed by atoms with Crippen LogP contribution in [0.5, 0.6) is 0 Å². The Bertz CT molecular complexity index is 1240. The number of hydrogen-bond acceptors (Lipinski definition) is 6.